The van der Waals surface area contributed by atoms with E-state index in [1.165, 1.54) is 5.56 Å². The SMILES string of the molecule is COc1cc(N)cc(C(=O)N2CCCc3ccccc32)c1. The van der Waals surface area contributed by atoms with Gasteiger partial charge in [0, 0.05) is 29.5 Å². The summed E-state index contributed by atoms with van der Waals surface area (Å²) in [7, 11) is 1.57. The molecule has 0 saturated carbocycles. The molecule has 0 bridgehead atoms. The number of nitrogens with two attached hydrogens (primary N) is 1. The van der Waals surface area contributed by atoms with Crippen molar-refractivity contribution in [3.05, 3.63) is 53.6 Å². The molecule has 1 heterocycles. The van der Waals surface area contributed by atoms with Crippen LogP contribution in [0, 0.1) is 0 Å². The summed E-state index contributed by atoms with van der Waals surface area (Å²) in [5, 5.41) is 0. The molecule has 0 spiro atoms. The second-order valence-corrected chi connectivity index (χ2v) is 5.18. The van der Waals surface area contributed by atoms with Gasteiger partial charge in [-0.1, -0.05) is 18.2 Å². The van der Waals surface area contributed by atoms with Crippen molar-refractivity contribution >= 4 is 17.3 Å². The molecule has 0 radical (unpaired) electrons. The van der Waals surface area contributed by atoms with Gasteiger partial charge in [0.1, 0.15) is 5.75 Å². The lowest BCUT2D eigenvalue weighted by Crippen LogP contribution is -2.35. The molecule has 1 aliphatic rings. The van der Waals surface area contributed by atoms with Crippen LogP contribution in [0.15, 0.2) is 42.5 Å². The Bertz CT molecular complexity index is 682. The van der Waals surface area contributed by atoms with Gasteiger partial charge in [-0.25, -0.2) is 0 Å². The van der Waals surface area contributed by atoms with Crippen molar-refractivity contribution in [2.45, 2.75) is 12.8 Å². The number of rotatable bonds is 2. The smallest absolute Gasteiger partial charge is 0.258 e. The number of methoxy groups -OCH3 is 1. The third-order valence-corrected chi connectivity index (χ3v) is 3.77. The van der Waals surface area contributed by atoms with Crippen LogP contribution in [0.3, 0.4) is 0 Å². The Balaban J connectivity index is 1.98. The van der Waals surface area contributed by atoms with Gasteiger partial charge >= 0.3 is 0 Å². The Hall–Kier alpha value is -2.49. The van der Waals surface area contributed by atoms with Crippen LogP contribution in [0.5, 0.6) is 5.75 Å². The summed E-state index contributed by atoms with van der Waals surface area (Å²) in [6, 6.07) is 13.2. The van der Waals surface area contributed by atoms with Gasteiger partial charge in [-0.15, -0.1) is 0 Å². The van der Waals surface area contributed by atoms with Crippen molar-refractivity contribution < 1.29 is 9.53 Å². The minimum Gasteiger partial charge on any atom is -0.497 e. The first-order valence-electron chi connectivity index (χ1n) is 7.03. The van der Waals surface area contributed by atoms with Gasteiger partial charge in [0.05, 0.1) is 7.11 Å². The number of anilines is 2. The number of benzene rings is 2. The highest BCUT2D eigenvalue weighted by Crippen LogP contribution is 2.29. The van der Waals surface area contributed by atoms with Gasteiger partial charge in [0.15, 0.2) is 0 Å². The molecule has 1 aliphatic heterocycles. The van der Waals surface area contributed by atoms with Gasteiger partial charge in [-0.2, -0.15) is 0 Å². The molecule has 108 valence electrons. The van der Waals surface area contributed by atoms with Crippen LogP contribution >= 0.6 is 0 Å². The topological polar surface area (TPSA) is 55.6 Å². The van der Waals surface area contributed by atoms with Crippen LogP contribution < -0.4 is 15.4 Å². The van der Waals surface area contributed by atoms with E-state index in [1.807, 2.05) is 23.1 Å². The van der Waals surface area contributed by atoms with Crippen molar-refractivity contribution in [2.75, 3.05) is 24.3 Å². The van der Waals surface area contributed by atoms with Gasteiger partial charge in [0.2, 0.25) is 0 Å². The van der Waals surface area contributed by atoms with Crippen LogP contribution in [0.1, 0.15) is 22.3 Å². The molecule has 0 fully saturated rings. The zero-order valence-corrected chi connectivity index (χ0v) is 12.0. The quantitative estimate of drug-likeness (QED) is 0.862. The Morgan fingerprint density at radius 2 is 2.05 bits per heavy atom. The summed E-state index contributed by atoms with van der Waals surface area (Å²) in [6.45, 7) is 0.729. The highest BCUT2D eigenvalue weighted by atomic mass is 16.5. The van der Waals surface area contributed by atoms with E-state index < -0.39 is 0 Å². The largest absolute Gasteiger partial charge is 0.497 e. The van der Waals surface area contributed by atoms with E-state index in [0.717, 1.165) is 25.1 Å². The second-order valence-electron chi connectivity index (χ2n) is 5.18. The Labute approximate surface area is 124 Å². The summed E-state index contributed by atoms with van der Waals surface area (Å²) in [5.74, 6) is 0.566. The fourth-order valence-electron chi connectivity index (χ4n) is 2.76. The molecule has 4 nitrogen and oxygen atoms in total. The number of nitrogens with zero attached hydrogens (tertiary/aromatic N) is 1. The zero-order valence-electron chi connectivity index (χ0n) is 12.0. The number of nitrogen functional groups attached to an aromatic ring is 1. The van der Waals surface area contributed by atoms with E-state index in [-0.39, 0.29) is 5.91 Å². The number of carbonyl (C=O) groups is 1. The zero-order chi connectivity index (χ0) is 14.8. The van der Waals surface area contributed by atoms with E-state index in [9.17, 15) is 4.79 Å². The fraction of sp³-hybridized carbons (Fsp3) is 0.235. The number of para-hydroxylation sites is 1. The van der Waals surface area contributed by atoms with Crippen LogP contribution in [0.25, 0.3) is 0 Å². The van der Waals surface area contributed by atoms with Crippen LogP contribution in [-0.4, -0.2) is 19.6 Å². The van der Waals surface area contributed by atoms with Crippen molar-refractivity contribution in [3.8, 4) is 5.75 Å². The summed E-state index contributed by atoms with van der Waals surface area (Å²) in [5.41, 5.74) is 9.15. The first kappa shape index (κ1) is 13.5. The average Bonchev–Trinajstić information content (AvgIpc) is 2.53. The average molecular weight is 282 g/mol. The van der Waals surface area contributed by atoms with Crippen molar-refractivity contribution in [3.63, 3.8) is 0 Å². The molecule has 2 N–H and O–H groups in total. The Morgan fingerprint density at radius 1 is 1.24 bits per heavy atom. The summed E-state index contributed by atoms with van der Waals surface area (Å²) < 4.78 is 5.19. The van der Waals surface area contributed by atoms with E-state index in [2.05, 4.69) is 6.07 Å². The lowest BCUT2D eigenvalue weighted by molar-refractivity contribution is 0.0985. The molecule has 21 heavy (non-hydrogen) atoms. The number of ether oxygens (including phenoxy) is 1. The Kier molecular flexibility index (Phi) is 3.52. The lowest BCUT2D eigenvalue weighted by Gasteiger charge is -2.29. The number of hydrogen-bond acceptors (Lipinski definition) is 3. The van der Waals surface area contributed by atoms with Crippen molar-refractivity contribution in [2.24, 2.45) is 0 Å². The monoisotopic (exact) mass is 282 g/mol. The van der Waals surface area contributed by atoms with Gasteiger partial charge in [-0.3, -0.25) is 4.79 Å². The molecule has 2 aromatic rings. The van der Waals surface area contributed by atoms with E-state index in [1.54, 1.807) is 25.3 Å². The fourth-order valence-corrected chi connectivity index (χ4v) is 2.76. The molecule has 0 aromatic heterocycles. The molecule has 1 amide bonds. The highest BCUT2D eigenvalue weighted by molar-refractivity contribution is 6.07. The number of amides is 1. The molecule has 0 saturated heterocycles. The predicted molar refractivity (Wildman–Crippen MR) is 83.8 cm³/mol. The van der Waals surface area contributed by atoms with Gasteiger partial charge < -0.3 is 15.4 Å². The molecule has 0 unspecified atom stereocenters. The minimum atomic E-state index is -0.0345. The second kappa shape index (κ2) is 5.48. The van der Waals surface area contributed by atoms with E-state index in [4.69, 9.17) is 10.5 Å². The summed E-state index contributed by atoms with van der Waals surface area (Å²) in [6.07, 6.45) is 1.99. The molecular weight excluding hydrogens is 264 g/mol. The van der Waals surface area contributed by atoms with Crippen LogP contribution in [-0.2, 0) is 6.42 Å². The molecule has 0 atom stereocenters. The third-order valence-electron chi connectivity index (χ3n) is 3.77. The van der Waals surface area contributed by atoms with Crippen molar-refractivity contribution in [1.82, 2.24) is 0 Å². The van der Waals surface area contributed by atoms with Gasteiger partial charge in [-0.05, 0) is 36.6 Å². The number of fused-ring (bicyclic) bond motifs is 1. The normalized spacial score (nSPS) is 13.7. The Morgan fingerprint density at radius 3 is 2.86 bits per heavy atom. The molecule has 3 rings (SSSR count). The highest BCUT2D eigenvalue weighted by Gasteiger charge is 2.23. The lowest BCUT2D eigenvalue weighted by atomic mass is 10.0. The first-order valence-corrected chi connectivity index (χ1v) is 7.03. The van der Waals surface area contributed by atoms with Gasteiger partial charge in [0.25, 0.3) is 5.91 Å². The maximum Gasteiger partial charge on any atom is 0.258 e. The standard InChI is InChI=1S/C17H18N2O2/c1-21-15-10-13(9-14(18)11-15)17(20)19-8-4-6-12-5-2-3-7-16(12)19/h2-3,5,7,9-11H,4,6,8,18H2,1H3. The number of hydrogen-bond donors (Lipinski definition) is 1. The van der Waals surface area contributed by atoms with Crippen LogP contribution in [0.2, 0.25) is 0 Å². The number of aryl methyl sites for hydroxylation is 1. The van der Waals surface area contributed by atoms with E-state index in [0.29, 0.717) is 17.0 Å². The van der Waals surface area contributed by atoms with Crippen LogP contribution in [0.4, 0.5) is 11.4 Å². The maximum atomic E-state index is 12.8. The number of carbonyl (C=O) groups excluding carboxylic acids is 1. The summed E-state index contributed by atoms with van der Waals surface area (Å²) in [4.78, 5) is 14.6. The molecule has 0 aliphatic carbocycles. The maximum absolute atomic E-state index is 12.8. The van der Waals surface area contributed by atoms with Crippen molar-refractivity contribution in [1.29, 1.82) is 0 Å². The molecular formula is C17H18N2O2. The minimum absolute atomic E-state index is 0.0345. The molecule has 4 heteroatoms. The predicted octanol–water partition coefficient (Wildman–Crippen LogP) is 2.87. The third kappa shape index (κ3) is 2.57. The first-order chi connectivity index (χ1) is 10.2. The molecule has 2 aromatic carbocycles. The summed E-state index contributed by atoms with van der Waals surface area (Å²) >= 11 is 0. The van der Waals surface area contributed by atoms with E-state index >= 15 is 0 Å².